The quantitative estimate of drug-likeness (QED) is 0.645. The van der Waals surface area contributed by atoms with Gasteiger partial charge in [-0.25, -0.2) is 0 Å². The third-order valence-electron chi connectivity index (χ3n) is 3.46. The third-order valence-corrected chi connectivity index (χ3v) is 3.46. The summed E-state index contributed by atoms with van der Waals surface area (Å²) in [6, 6.07) is 1.04. The molecule has 2 aliphatic rings. The van der Waals surface area contributed by atoms with E-state index in [0.717, 1.165) is 32.1 Å². The molecule has 1 heterocycles. The zero-order valence-electron chi connectivity index (χ0n) is 9.44. The second-order valence-electron chi connectivity index (χ2n) is 4.84. The topological polar surface area (TPSA) is 52.7 Å². The number of aliphatic hydroxyl groups is 1. The molecular weight excluding hydrogens is 190 g/mol. The van der Waals surface area contributed by atoms with Crippen molar-refractivity contribution in [2.75, 3.05) is 39.3 Å². The Balaban J connectivity index is 1.64. The van der Waals surface area contributed by atoms with Crippen molar-refractivity contribution in [1.82, 2.24) is 9.80 Å². The van der Waals surface area contributed by atoms with Crippen molar-refractivity contribution < 1.29 is 5.11 Å². The van der Waals surface area contributed by atoms with Gasteiger partial charge in [0, 0.05) is 51.4 Å². The van der Waals surface area contributed by atoms with Crippen LogP contribution in [0.4, 0.5) is 0 Å². The van der Waals surface area contributed by atoms with Crippen LogP contribution in [0.3, 0.4) is 0 Å². The Hall–Kier alpha value is -0.160. The molecule has 1 unspecified atom stereocenters. The molecule has 1 atom stereocenters. The fourth-order valence-electron chi connectivity index (χ4n) is 2.34. The van der Waals surface area contributed by atoms with Crippen LogP contribution in [0.25, 0.3) is 0 Å². The largest absolute Gasteiger partial charge is 0.396 e. The number of hydrogen-bond donors (Lipinski definition) is 2. The Labute approximate surface area is 92.0 Å². The summed E-state index contributed by atoms with van der Waals surface area (Å²) in [6.07, 6.45) is 3.54. The van der Waals surface area contributed by atoms with Gasteiger partial charge >= 0.3 is 0 Å². The number of rotatable bonds is 5. The van der Waals surface area contributed by atoms with E-state index in [2.05, 4.69) is 9.80 Å². The fraction of sp³-hybridized carbons (Fsp3) is 1.00. The second-order valence-corrected chi connectivity index (χ2v) is 4.84. The molecule has 0 aromatic heterocycles. The van der Waals surface area contributed by atoms with Crippen molar-refractivity contribution in [2.45, 2.75) is 31.3 Å². The summed E-state index contributed by atoms with van der Waals surface area (Å²) in [6.45, 7) is 5.86. The molecule has 0 bridgehead atoms. The van der Waals surface area contributed by atoms with Gasteiger partial charge < -0.3 is 10.8 Å². The summed E-state index contributed by atoms with van der Waals surface area (Å²) in [5.41, 5.74) is 5.91. The van der Waals surface area contributed by atoms with Crippen LogP contribution < -0.4 is 5.73 Å². The first-order valence-corrected chi connectivity index (χ1v) is 6.12. The van der Waals surface area contributed by atoms with Gasteiger partial charge in [-0.1, -0.05) is 0 Å². The van der Waals surface area contributed by atoms with E-state index in [1.807, 2.05) is 0 Å². The summed E-state index contributed by atoms with van der Waals surface area (Å²) in [5, 5.41) is 8.78. The first-order chi connectivity index (χ1) is 7.29. The van der Waals surface area contributed by atoms with E-state index in [4.69, 9.17) is 10.8 Å². The molecule has 0 amide bonds. The van der Waals surface area contributed by atoms with E-state index in [-0.39, 0.29) is 12.6 Å². The predicted molar refractivity (Wildman–Crippen MR) is 60.7 cm³/mol. The average Bonchev–Trinajstić information content (AvgIpc) is 3.03. The van der Waals surface area contributed by atoms with Gasteiger partial charge in [-0.15, -0.1) is 0 Å². The zero-order valence-corrected chi connectivity index (χ0v) is 9.44. The SMILES string of the molecule is NC(CCO)CN1CCN(C2CC2)CC1. The second kappa shape index (κ2) is 5.25. The third kappa shape index (κ3) is 3.41. The lowest BCUT2D eigenvalue weighted by atomic mass is 10.2. The maximum Gasteiger partial charge on any atom is 0.0446 e. The molecule has 2 rings (SSSR count). The van der Waals surface area contributed by atoms with Gasteiger partial charge in [-0.2, -0.15) is 0 Å². The maximum atomic E-state index is 8.78. The van der Waals surface area contributed by atoms with Crippen LogP contribution >= 0.6 is 0 Å². The van der Waals surface area contributed by atoms with Crippen LogP contribution in [0.15, 0.2) is 0 Å². The lowest BCUT2D eigenvalue weighted by molar-refractivity contribution is 0.118. The number of piperazine rings is 1. The molecule has 88 valence electrons. The van der Waals surface area contributed by atoms with Crippen LogP contribution in [-0.2, 0) is 0 Å². The molecule has 0 radical (unpaired) electrons. The smallest absolute Gasteiger partial charge is 0.0446 e. The van der Waals surface area contributed by atoms with Crippen molar-refractivity contribution in [3.05, 3.63) is 0 Å². The van der Waals surface area contributed by atoms with E-state index in [9.17, 15) is 0 Å². The predicted octanol–water partition coefficient (Wildman–Crippen LogP) is -0.524. The fourth-order valence-corrected chi connectivity index (χ4v) is 2.34. The molecule has 1 aliphatic carbocycles. The molecule has 1 aliphatic heterocycles. The van der Waals surface area contributed by atoms with Crippen LogP contribution in [0.5, 0.6) is 0 Å². The van der Waals surface area contributed by atoms with E-state index in [1.54, 1.807) is 0 Å². The number of aliphatic hydroxyl groups excluding tert-OH is 1. The molecule has 3 N–H and O–H groups in total. The summed E-state index contributed by atoms with van der Waals surface area (Å²) in [5.74, 6) is 0. The van der Waals surface area contributed by atoms with E-state index in [1.165, 1.54) is 25.9 Å². The Morgan fingerprint density at radius 3 is 2.40 bits per heavy atom. The highest BCUT2D eigenvalue weighted by Gasteiger charge is 2.31. The van der Waals surface area contributed by atoms with E-state index in [0.29, 0.717) is 0 Å². The lowest BCUT2D eigenvalue weighted by Crippen LogP contribution is -2.50. The van der Waals surface area contributed by atoms with Gasteiger partial charge in [0.1, 0.15) is 0 Å². The molecule has 15 heavy (non-hydrogen) atoms. The van der Waals surface area contributed by atoms with Crippen molar-refractivity contribution >= 4 is 0 Å². The first kappa shape index (κ1) is 11.3. The van der Waals surface area contributed by atoms with E-state index < -0.39 is 0 Å². The van der Waals surface area contributed by atoms with Gasteiger partial charge in [0.2, 0.25) is 0 Å². The van der Waals surface area contributed by atoms with Gasteiger partial charge in [-0.3, -0.25) is 9.80 Å². The molecule has 0 aromatic rings. The summed E-state index contributed by atoms with van der Waals surface area (Å²) >= 11 is 0. The van der Waals surface area contributed by atoms with E-state index >= 15 is 0 Å². The van der Waals surface area contributed by atoms with Crippen LogP contribution in [0.1, 0.15) is 19.3 Å². The Kier molecular flexibility index (Phi) is 3.97. The molecule has 1 saturated carbocycles. The van der Waals surface area contributed by atoms with Gasteiger partial charge in [0.15, 0.2) is 0 Å². The molecule has 4 heteroatoms. The van der Waals surface area contributed by atoms with Crippen molar-refractivity contribution in [3.63, 3.8) is 0 Å². The number of nitrogens with two attached hydrogens (primary N) is 1. The standard InChI is InChI=1S/C11H23N3O/c12-10(3-8-15)9-13-4-6-14(7-5-13)11-1-2-11/h10-11,15H,1-9,12H2. The Bertz CT molecular complexity index is 188. The molecule has 2 fully saturated rings. The normalized spacial score (nSPS) is 26.8. The minimum atomic E-state index is 0.141. The minimum absolute atomic E-state index is 0.141. The van der Waals surface area contributed by atoms with Crippen LogP contribution in [0.2, 0.25) is 0 Å². The highest BCUT2D eigenvalue weighted by atomic mass is 16.3. The summed E-state index contributed by atoms with van der Waals surface area (Å²) in [7, 11) is 0. The van der Waals surface area contributed by atoms with Crippen LogP contribution in [-0.4, -0.2) is 66.3 Å². The lowest BCUT2D eigenvalue weighted by Gasteiger charge is -2.35. The van der Waals surface area contributed by atoms with Crippen molar-refractivity contribution in [3.8, 4) is 0 Å². The average molecular weight is 213 g/mol. The van der Waals surface area contributed by atoms with Gasteiger partial charge in [-0.05, 0) is 19.3 Å². The van der Waals surface area contributed by atoms with Crippen LogP contribution in [0, 0.1) is 0 Å². The molecule has 4 nitrogen and oxygen atoms in total. The molecule has 0 aromatic carbocycles. The maximum absolute atomic E-state index is 8.78. The van der Waals surface area contributed by atoms with Gasteiger partial charge in [0.05, 0.1) is 0 Å². The first-order valence-electron chi connectivity index (χ1n) is 6.12. The van der Waals surface area contributed by atoms with Gasteiger partial charge in [0.25, 0.3) is 0 Å². The highest BCUT2D eigenvalue weighted by molar-refractivity contribution is 4.88. The zero-order chi connectivity index (χ0) is 10.7. The Morgan fingerprint density at radius 2 is 1.87 bits per heavy atom. The Morgan fingerprint density at radius 1 is 1.20 bits per heavy atom. The molecular formula is C11H23N3O. The summed E-state index contributed by atoms with van der Waals surface area (Å²) in [4.78, 5) is 5.03. The highest BCUT2D eigenvalue weighted by Crippen LogP contribution is 2.27. The molecule has 0 spiro atoms. The number of nitrogens with zero attached hydrogens (tertiary/aromatic N) is 2. The number of hydrogen-bond acceptors (Lipinski definition) is 4. The minimum Gasteiger partial charge on any atom is -0.396 e. The molecule has 1 saturated heterocycles. The van der Waals surface area contributed by atoms with Crippen molar-refractivity contribution in [1.29, 1.82) is 0 Å². The monoisotopic (exact) mass is 213 g/mol. The summed E-state index contributed by atoms with van der Waals surface area (Å²) < 4.78 is 0. The van der Waals surface area contributed by atoms with Crippen molar-refractivity contribution in [2.24, 2.45) is 5.73 Å².